The highest BCUT2D eigenvalue weighted by atomic mass is 79.9. The Kier molecular flexibility index (Phi) is 3.38. The first-order chi connectivity index (χ1) is 9.24. The first kappa shape index (κ1) is 12.4. The van der Waals surface area contributed by atoms with Crippen LogP contribution in [0.25, 0.3) is 0 Å². The van der Waals surface area contributed by atoms with Gasteiger partial charge < -0.3 is 5.32 Å². The van der Waals surface area contributed by atoms with Gasteiger partial charge in [0.15, 0.2) is 0 Å². The summed E-state index contributed by atoms with van der Waals surface area (Å²) in [6.45, 7) is 0. The Hall–Kier alpha value is -1.62. The standard InChI is InChI=1S/C14H14BrN3O/c15-10-6-2-4-8-12(10)17-14-16-11-7-3-1-5-9(11)13(19)18-14/h2,4,6,8H,1,3,5,7H2,(H2,16,17,18,19). The van der Waals surface area contributed by atoms with E-state index in [4.69, 9.17) is 0 Å². The molecule has 98 valence electrons. The van der Waals surface area contributed by atoms with Gasteiger partial charge in [0.2, 0.25) is 5.95 Å². The van der Waals surface area contributed by atoms with E-state index in [0.29, 0.717) is 5.95 Å². The average molecular weight is 320 g/mol. The van der Waals surface area contributed by atoms with Crippen molar-refractivity contribution < 1.29 is 0 Å². The van der Waals surface area contributed by atoms with Crippen LogP contribution in [0.3, 0.4) is 0 Å². The Morgan fingerprint density at radius 2 is 2.00 bits per heavy atom. The van der Waals surface area contributed by atoms with E-state index in [2.05, 4.69) is 31.2 Å². The topological polar surface area (TPSA) is 57.8 Å². The third kappa shape index (κ3) is 2.56. The molecule has 3 rings (SSSR count). The normalized spacial score (nSPS) is 13.9. The molecule has 1 aliphatic rings. The van der Waals surface area contributed by atoms with E-state index in [0.717, 1.165) is 47.1 Å². The molecular weight excluding hydrogens is 306 g/mol. The number of hydrogen-bond acceptors (Lipinski definition) is 3. The minimum absolute atomic E-state index is 0.0146. The van der Waals surface area contributed by atoms with Crippen molar-refractivity contribution in [3.63, 3.8) is 0 Å². The molecular formula is C14H14BrN3O. The van der Waals surface area contributed by atoms with Gasteiger partial charge in [0.05, 0.1) is 11.4 Å². The fourth-order valence-electron chi connectivity index (χ4n) is 2.35. The third-order valence-electron chi connectivity index (χ3n) is 3.32. The Morgan fingerprint density at radius 1 is 1.21 bits per heavy atom. The predicted octanol–water partition coefficient (Wildman–Crippen LogP) is 3.15. The molecule has 5 heteroatoms. The van der Waals surface area contributed by atoms with Gasteiger partial charge in [-0.15, -0.1) is 0 Å². The van der Waals surface area contributed by atoms with E-state index < -0.39 is 0 Å². The molecule has 1 aromatic carbocycles. The lowest BCUT2D eigenvalue weighted by molar-refractivity contribution is 0.658. The summed E-state index contributed by atoms with van der Waals surface area (Å²) in [5, 5.41) is 3.15. The predicted molar refractivity (Wildman–Crippen MR) is 78.9 cm³/mol. The summed E-state index contributed by atoms with van der Waals surface area (Å²) in [6, 6.07) is 7.75. The van der Waals surface area contributed by atoms with Gasteiger partial charge in [0.1, 0.15) is 0 Å². The van der Waals surface area contributed by atoms with Crippen molar-refractivity contribution in [1.29, 1.82) is 0 Å². The summed E-state index contributed by atoms with van der Waals surface area (Å²) in [4.78, 5) is 19.3. The number of aromatic amines is 1. The minimum Gasteiger partial charge on any atom is -0.325 e. The largest absolute Gasteiger partial charge is 0.325 e. The summed E-state index contributed by atoms with van der Waals surface area (Å²) in [6.07, 6.45) is 3.92. The molecule has 0 saturated carbocycles. The number of aryl methyl sites for hydroxylation is 1. The van der Waals surface area contributed by atoms with Crippen LogP contribution in [0.5, 0.6) is 0 Å². The van der Waals surface area contributed by atoms with E-state index in [1.807, 2.05) is 24.3 Å². The summed E-state index contributed by atoms with van der Waals surface area (Å²) in [7, 11) is 0. The van der Waals surface area contributed by atoms with Crippen molar-refractivity contribution in [1.82, 2.24) is 9.97 Å². The first-order valence-electron chi connectivity index (χ1n) is 6.37. The average Bonchev–Trinajstić information content (AvgIpc) is 2.42. The second-order valence-electron chi connectivity index (χ2n) is 4.65. The van der Waals surface area contributed by atoms with Gasteiger partial charge in [-0.1, -0.05) is 12.1 Å². The molecule has 0 aliphatic heterocycles. The van der Waals surface area contributed by atoms with Crippen LogP contribution in [0, 0.1) is 0 Å². The molecule has 1 aliphatic carbocycles. The highest BCUT2D eigenvalue weighted by Crippen LogP contribution is 2.24. The number of aromatic nitrogens is 2. The fraction of sp³-hybridized carbons (Fsp3) is 0.286. The molecule has 0 fully saturated rings. The van der Waals surface area contributed by atoms with E-state index in [-0.39, 0.29) is 5.56 Å². The molecule has 0 atom stereocenters. The molecule has 0 spiro atoms. The van der Waals surface area contributed by atoms with Gasteiger partial charge in [-0.25, -0.2) is 4.98 Å². The summed E-state index contributed by atoms with van der Waals surface area (Å²) >= 11 is 3.46. The van der Waals surface area contributed by atoms with E-state index >= 15 is 0 Å². The summed E-state index contributed by atoms with van der Waals surface area (Å²) in [5.74, 6) is 0.512. The summed E-state index contributed by atoms with van der Waals surface area (Å²) < 4.78 is 0.940. The SMILES string of the molecule is O=c1[nH]c(Nc2ccccc2Br)nc2c1CCCC2. The van der Waals surface area contributed by atoms with Crippen molar-refractivity contribution in [3.8, 4) is 0 Å². The van der Waals surface area contributed by atoms with Crippen LogP contribution in [0.1, 0.15) is 24.1 Å². The number of nitrogens with one attached hydrogen (secondary N) is 2. The highest BCUT2D eigenvalue weighted by Gasteiger charge is 2.15. The second-order valence-corrected chi connectivity index (χ2v) is 5.51. The summed E-state index contributed by atoms with van der Waals surface area (Å²) in [5.41, 5.74) is 2.66. The molecule has 0 bridgehead atoms. The van der Waals surface area contributed by atoms with Crippen LogP contribution >= 0.6 is 15.9 Å². The maximum absolute atomic E-state index is 12.0. The van der Waals surface area contributed by atoms with Crippen LogP contribution in [0.15, 0.2) is 33.5 Å². The zero-order valence-electron chi connectivity index (χ0n) is 10.4. The lowest BCUT2D eigenvalue weighted by Gasteiger charge is -2.15. The van der Waals surface area contributed by atoms with E-state index in [9.17, 15) is 4.79 Å². The number of hydrogen-bond donors (Lipinski definition) is 2. The molecule has 2 aromatic rings. The second kappa shape index (κ2) is 5.17. The first-order valence-corrected chi connectivity index (χ1v) is 7.17. The van der Waals surface area contributed by atoms with Crippen LogP contribution in [-0.2, 0) is 12.8 Å². The smallest absolute Gasteiger partial charge is 0.255 e. The van der Waals surface area contributed by atoms with Crippen LogP contribution in [0.2, 0.25) is 0 Å². The van der Waals surface area contributed by atoms with Gasteiger partial charge in [-0.05, 0) is 53.7 Å². The molecule has 0 saturated heterocycles. The number of nitrogens with zero attached hydrogens (tertiary/aromatic N) is 1. The molecule has 1 aromatic heterocycles. The minimum atomic E-state index is -0.0146. The van der Waals surface area contributed by atoms with Crippen molar-refractivity contribution in [2.24, 2.45) is 0 Å². The molecule has 0 amide bonds. The van der Waals surface area contributed by atoms with E-state index in [1.54, 1.807) is 0 Å². The van der Waals surface area contributed by atoms with Crippen LogP contribution in [-0.4, -0.2) is 9.97 Å². The maximum atomic E-state index is 12.0. The number of para-hydroxylation sites is 1. The fourth-order valence-corrected chi connectivity index (χ4v) is 2.74. The van der Waals surface area contributed by atoms with Gasteiger partial charge >= 0.3 is 0 Å². The molecule has 19 heavy (non-hydrogen) atoms. The van der Waals surface area contributed by atoms with Crippen LogP contribution in [0.4, 0.5) is 11.6 Å². The number of rotatable bonds is 2. The maximum Gasteiger partial charge on any atom is 0.255 e. The van der Waals surface area contributed by atoms with Gasteiger partial charge in [0, 0.05) is 10.0 Å². The lowest BCUT2D eigenvalue weighted by atomic mass is 9.97. The molecule has 1 heterocycles. The molecule has 2 N–H and O–H groups in total. The van der Waals surface area contributed by atoms with Crippen molar-refractivity contribution in [3.05, 3.63) is 50.3 Å². The monoisotopic (exact) mass is 319 g/mol. The molecule has 0 radical (unpaired) electrons. The number of halogens is 1. The quantitative estimate of drug-likeness (QED) is 0.894. The Labute approximate surface area is 119 Å². The number of H-pyrrole nitrogens is 1. The zero-order valence-corrected chi connectivity index (χ0v) is 12.0. The van der Waals surface area contributed by atoms with Crippen molar-refractivity contribution >= 4 is 27.6 Å². The number of benzene rings is 1. The highest BCUT2D eigenvalue weighted by molar-refractivity contribution is 9.10. The zero-order chi connectivity index (χ0) is 13.2. The molecule has 0 unspecified atom stereocenters. The van der Waals surface area contributed by atoms with Gasteiger partial charge in [-0.3, -0.25) is 9.78 Å². The van der Waals surface area contributed by atoms with Crippen molar-refractivity contribution in [2.45, 2.75) is 25.7 Å². The van der Waals surface area contributed by atoms with Gasteiger partial charge in [-0.2, -0.15) is 0 Å². The number of fused-ring (bicyclic) bond motifs is 1. The Bertz CT molecular complexity index is 666. The third-order valence-corrected chi connectivity index (χ3v) is 4.01. The van der Waals surface area contributed by atoms with Crippen LogP contribution < -0.4 is 10.9 Å². The van der Waals surface area contributed by atoms with Gasteiger partial charge in [0.25, 0.3) is 5.56 Å². The van der Waals surface area contributed by atoms with E-state index in [1.165, 1.54) is 0 Å². The lowest BCUT2D eigenvalue weighted by Crippen LogP contribution is -2.22. The Balaban J connectivity index is 1.96. The number of anilines is 2. The Morgan fingerprint density at radius 3 is 2.84 bits per heavy atom. The van der Waals surface area contributed by atoms with Crippen molar-refractivity contribution in [2.75, 3.05) is 5.32 Å². The molecule has 4 nitrogen and oxygen atoms in total.